The lowest BCUT2D eigenvalue weighted by atomic mass is 10.0. The van der Waals surface area contributed by atoms with Crippen LogP contribution < -0.4 is 0 Å². The minimum absolute atomic E-state index is 1.23. The molecule has 0 aromatic heterocycles. The zero-order valence-electron chi connectivity index (χ0n) is 16.6. The fourth-order valence-electron chi connectivity index (χ4n) is 3.40. The molecule has 138 valence electrons. The summed E-state index contributed by atoms with van der Waals surface area (Å²) in [7, 11) is 0. The van der Waals surface area contributed by atoms with Gasteiger partial charge in [-0.2, -0.15) is 0 Å². The van der Waals surface area contributed by atoms with Crippen LogP contribution in [0.5, 0.6) is 0 Å². The molecule has 0 aliphatic carbocycles. The summed E-state index contributed by atoms with van der Waals surface area (Å²) in [6.45, 7) is 8.70. The Labute approximate surface area is 148 Å². The van der Waals surface area contributed by atoms with Gasteiger partial charge in [0.1, 0.15) is 0 Å². The van der Waals surface area contributed by atoms with E-state index in [0.29, 0.717) is 0 Å². The number of rotatable bonds is 19. The van der Waals surface area contributed by atoms with Crippen molar-refractivity contribution in [2.75, 3.05) is 0 Å². The van der Waals surface area contributed by atoms with E-state index in [1.165, 1.54) is 128 Å². The maximum atomic E-state index is 4.15. The van der Waals surface area contributed by atoms with Crippen LogP contribution in [0.3, 0.4) is 0 Å². The Balaban J connectivity index is 3.01. The highest BCUT2D eigenvalue weighted by Gasteiger charge is 1.96. The van der Waals surface area contributed by atoms with Gasteiger partial charge in [-0.25, -0.2) is 0 Å². The molecule has 0 spiro atoms. The highest BCUT2D eigenvalue weighted by Crippen LogP contribution is 2.16. The first-order valence-corrected chi connectivity index (χ1v) is 11.0. The zero-order chi connectivity index (χ0) is 17.0. The molecule has 0 saturated heterocycles. The molecule has 0 aromatic carbocycles. The molecule has 0 N–H and O–H groups in total. The van der Waals surface area contributed by atoms with E-state index < -0.39 is 0 Å². The summed E-state index contributed by atoms with van der Waals surface area (Å²) in [6, 6.07) is 0. The van der Waals surface area contributed by atoms with Gasteiger partial charge >= 0.3 is 0 Å². The van der Waals surface area contributed by atoms with Crippen molar-refractivity contribution >= 4 is 0 Å². The summed E-state index contributed by atoms with van der Waals surface area (Å²) in [5, 5.41) is 0. The lowest BCUT2D eigenvalue weighted by Crippen LogP contribution is -1.85. The van der Waals surface area contributed by atoms with Crippen molar-refractivity contribution in [2.45, 2.75) is 136 Å². The van der Waals surface area contributed by atoms with E-state index in [-0.39, 0.29) is 0 Å². The van der Waals surface area contributed by atoms with E-state index in [1.807, 2.05) is 0 Å². The summed E-state index contributed by atoms with van der Waals surface area (Å²) in [5.41, 5.74) is 1.47. The third kappa shape index (κ3) is 19.7. The predicted molar refractivity (Wildman–Crippen MR) is 108 cm³/mol. The largest absolute Gasteiger partial charge is 0.0999 e. The van der Waals surface area contributed by atoms with Crippen molar-refractivity contribution in [1.82, 2.24) is 0 Å². The molecule has 0 unspecified atom stereocenters. The van der Waals surface area contributed by atoms with Gasteiger partial charge in [-0.15, -0.1) is 0 Å². The van der Waals surface area contributed by atoms with Crippen LogP contribution in [0.1, 0.15) is 136 Å². The maximum absolute atomic E-state index is 4.15. The molecule has 0 nitrogen and oxygen atoms in total. The van der Waals surface area contributed by atoms with Gasteiger partial charge < -0.3 is 0 Å². The Bertz CT molecular complexity index is 228. The van der Waals surface area contributed by atoms with Crippen molar-refractivity contribution in [3.05, 3.63) is 12.2 Å². The van der Waals surface area contributed by atoms with E-state index in [4.69, 9.17) is 0 Å². The second kappa shape index (κ2) is 19.8. The Morgan fingerprint density at radius 3 is 1.13 bits per heavy atom. The van der Waals surface area contributed by atoms with E-state index >= 15 is 0 Å². The van der Waals surface area contributed by atoms with Gasteiger partial charge in [0.2, 0.25) is 0 Å². The van der Waals surface area contributed by atoms with Crippen LogP contribution in [0.4, 0.5) is 0 Å². The minimum atomic E-state index is 1.23. The summed E-state index contributed by atoms with van der Waals surface area (Å²) in [5.74, 6) is 0. The van der Waals surface area contributed by atoms with Gasteiger partial charge in [-0.05, 0) is 19.3 Å². The Hall–Kier alpha value is -0.260. The normalized spacial score (nSPS) is 11.0. The third-order valence-corrected chi connectivity index (χ3v) is 4.99. The van der Waals surface area contributed by atoms with Crippen LogP contribution >= 0.6 is 0 Å². The summed E-state index contributed by atoms with van der Waals surface area (Å²) < 4.78 is 0. The van der Waals surface area contributed by atoms with Crippen molar-refractivity contribution in [1.29, 1.82) is 0 Å². The van der Waals surface area contributed by atoms with Crippen LogP contribution in [0, 0.1) is 0 Å². The first-order chi connectivity index (χ1) is 11.3. The van der Waals surface area contributed by atoms with Gasteiger partial charge in [0.25, 0.3) is 0 Å². The van der Waals surface area contributed by atoms with E-state index in [1.54, 1.807) is 0 Å². The molecule has 0 radical (unpaired) electrons. The first-order valence-electron chi connectivity index (χ1n) is 11.0. The van der Waals surface area contributed by atoms with Crippen LogP contribution in [0.25, 0.3) is 0 Å². The average Bonchev–Trinajstić information content (AvgIpc) is 2.54. The van der Waals surface area contributed by atoms with Crippen molar-refractivity contribution in [3.8, 4) is 0 Å². The minimum Gasteiger partial charge on any atom is -0.0999 e. The standard InChI is InChI=1S/C23H46/c1-4-6-7-8-9-10-11-12-13-14-15-16-17-18-19-20-22-23(3)21-5-2/h3-22H2,1-2H3. The second-order valence-corrected chi connectivity index (χ2v) is 7.55. The molecular formula is C23H46. The Kier molecular flexibility index (Phi) is 19.6. The number of hydrogen-bond acceptors (Lipinski definition) is 0. The molecule has 23 heavy (non-hydrogen) atoms. The second-order valence-electron chi connectivity index (χ2n) is 7.55. The van der Waals surface area contributed by atoms with Gasteiger partial charge in [-0.1, -0.05) is 129 Å². The van der Waals surface area contributed by atoms with Crippen molar-refractivity contribution < 1.29 is 0 Å². The molecule has 0 fully saturated rings. The summed E-state index contributed by atoms with van der Waals surface area (Å²) >= 11 is 0. The van der Waals surface area contributed by atoms with Crippen molar-refractivity contribution in [3.63, 3.8) is 0 Å². The van der Waals surface area contributed by atoms with Crippen LogP contribution in [-0.2, 0) is 0 Å². The van der Waals surface area contributed by atoms with Gasteiger partial charge in [0, 0.05) is 0 Å². The Morgan fingerprint density at radius 1 is 0.435 bits per heavy atom. The van der Waals surface area contributed by atoms with E-state index in [9.17, 15) is 0 Å². The molecule has 0 rings (SSSR count). The van der Waals surface area contributed by atoms with Crippen LogP contribution in [0.2, 0.25) is 0 Å². The molecule has 0 aromatic rings. The molecule has 0 heterocycles. The number of unbranched alkanes of at least 4 members (excludes halogenated alkanes) is 15. The molecule has 0 bridgehead atoms. The third-order valence-electron chi connectivity index (χ3n) is 4.99. The fraction of sp³-hybridized carbons (Fsp3) is 0.913. The monoisotopic (exact) mass is 322 g/mol. The molecule has 0 heteroatoms. The van der Waals surface area contributed by atoms with E-state index in [0.717, 1.165) is 0 Å². The van der Waals surface area contributed by atoms with Gasteiger partial charge in [0.15, 0.2) is 0 Å². The lowest BCUT2D eigenvalue weighted by Gasteiger charge is -2.05. The number of allylic oxidation sites excluding steroid dienone is 1. The van der Waals surface area contributed by atoms with Gasteiger partial charge in [-0.3, -0.25) is 0 Å². The zero-order valence-corrected chi connectivity index (χ0v) is 16.6. The topological polar surface area (TPSA) is 0 Å². The lowest BCUT2D eigenvalue weighted by molar-refractivity contribution is 0.529. The van der Waals surface area contributed by atoms with Crippen LogP contribution in [-0.4, -0.2) is 0 Å². The summed E-state index contributed by atoms with van der Waals surface area (Å²) in [6.07, 6.45) is 27.0. The van der Waals surface area contributed by atoms with Crippen molar-refractivity contribution in [2.24, 2.45) is 0 Å². The average molecular weight is 323 g/mol. The van der Waals surface area contributed by atoms with E-state index in [2.05, 4.69) is 20.4 Å². The SMILES string of the molecule is C=C(CCC)CCCCCCCCCCCCCCCCCC. The molecule has 0 saturated carbocycles. The predicted octanol–water partition coefficient (Wildman–Crippen LogP) is 8.99. The first kappa shape index (κ1) is 22.7. The number of hydrogen-bond donors (Lipinski definition) is 0. The molecule has 0 atom stereocenters. The highest BCUT2D eigenvalue weighted by molar-refractivity contribution is 4.92. The van der Waals surface area contributed by atoms with Crippen LogP contribution in [0.15, 0.2) is 12.2 Å². The Morgan fingerprint density at radius 2 is 0.783 bits per heavy atom. The maximum Gasteiger partial charge on any atom is -0.0323 e. The molecule has 0 aliphatic heterocycles. The highest BCUT2D eigenvalue weighted by atomic mass is 14.0. The van der Waals surface area contributed by atoms with Gasteiger partial charge in [0.05, 0.1) is 0 Å². The summed E-state index contributed by atoms with van der Waals surface area (Å²) in [4.78, 5) is 0. The quantitative estimate of drug-likeness (QED) is 0.164. The smallest absolute Gasteiger partial charge is 0.0323 e. The molecular weight excluding hydrogens is 276 g/mol. The molecule has 0 amide bonds. The fourth-order valence-corrected chi connectivity index (χ4v) is 3.40. The molecule has 0 aliphatic rings.